The molecule has 3 aromatic rings. The molecule has 1 saturated heterocycles. The lowest BCUT2D eigenvalue weighted by Crippen LogP contribution is -2.50. The Labute approximate surface area is 237 Å². The van der Waals surface area contributed by atoms with Gasteiger partial charge in [0.2, 0.25) is 6.17 Å². The molecule has 1 fully saturated rings. The highest BCUT2D eigenvalue weighted by atomic mass is 35.5. The van der Waals surface area contributed by atoms with E-state index in [1.807, 2.05) is 37.3 Å². The summed E-state index contributed by atoms with van der Waals surface area (Å²) in [6.07, 6.45) is -1.18. The van der Waals surface area contributed by atoms with Gasteiger partial charge in [-0.2, -0.15) is 0 Å². The number of carbonyl (C=O) groups is 2. The first-order chi connectivity index (χ1) is 18.7. The van der Waals surface area contributed by atoms with E-state index >= 15 is 0 Å². The van der Waals surface area contributed by atoms with Crippen molar-refractivity contribution < 1.29 is 14.3 Å². The van der Waals surface area contributed by atoms with Crippen LogP contribution in [0.15, 0.2) is 65.7 Å². The van der Waals surface area contributed by atoms with E-state index in [1.165, 1.54) is 9.80 Å². The molecule has 2 heterocycles. The second-order valence-electron chi connectivity index (χ2n) is 9.50. The molecule has 3 amide bonds. The number of amides is 3. The van der Waals surface area contributed by atoms with Gasteiger partial charge in [-0.1, -0.05) is 41.4 Å². The van der Waals surface area contributed by atoms with Crippen LogP contribution in [0.1, 0.15) is 16.7 Å². The number of rotatable bonds is 4. The second kappa shape index (κ2) is 11.3. The Balaban J connectivity index is 1.46. The molecular formula is C29H29Cl2N5O3. The van der Waals surface area contributed by atoms with Crippen LogP contribution in [0.25, 0.3) is 0 Å². The number of ether oxygens (including phenoxy) is 1. The van der Waals surface area contributed by atoms with Gasteiger partial charge in [0.25, 0.3) is 5.91 Å². The number of urea groups is 1. The lowest BCUT2D eigenvalue weighted by atomic mass is 10.00. The number of morpholine rings is 1. The van der Waals surface area contributed by atoms with Crippen molar-refractivity contribution in [2.24, 2.45) is 4.99 Å². The average molecular weight is 566 g/mol. The van der Waals surface area contributed by atoms with Crippen LogP contribution in [0.5, 0.6) is 0 Å². The first-order valence-corrected chi connectivity index (χ1v) is 13.4. The maximum atomic E-state index is 13.5. The molecule has 2 aliphatic rings. The molecule has 0 bridgehead atoms. The zero-order chi connectivity index (χ0) is 27.7. The molecule has 2 aliphatic heterocycles. The third kappa shape index (κ3) is 5.45. The average Bonchev–Trinajstić information content (AvgIpc) is 3.03. The summed E-state index contributed by atoms with van der Waals surface area (Å²) in [5.74, 6) is -0.387. The van der Waals surface area contributed by atoms with Crippen LogP contribution in [0, 0.1) is 6.92 Å². The van der Waals surface area contributed by atoms with Crippen LogP contribution in [0.2, 0.25) is 10.0 Å². The minimum Gasteiger partial charge on any atom is -0.378 e. The van der Waals surface area contributed by atoms with Gasteiger partial charge in [-0.15, -0.1) is 0 Å². The Bertz CT molecular complexity index is 1450. The highest BCUT2D eigenvalue weighted by molar-refractivity contribution is 6.37. The standard InChI is InChI=1S/C29H29Cl2N5O3/c1-18-16-20(36-12-14-39-15-13-36)9-11-24(18)35(3)29(38)33-27-28(37)34(2)25-10-8-19(30)17-22(25)26(32-27)21-6-4-5-7-23(21)31/h4-11,16-17,27H,12-15H2,1-3H3,(H,33,38). The molecule has 0 radical (unpaired) electrons. The Morgan fingerprint density at radius 2 is 1.79 bits per heavy atom. The van der Waals surface area contributed by atoms with Crippen LogP contribution >= 0.6 is 23.2 Å². The highest BCUT2D eigenvalue weighted by Gasteiger charge is 2.32. The van der Waals surface area contributed by atoms with Crippen LogP contribution in [-0.2, 0) is 9.53 Å². The van der Waals surface area contributed by atoms with Crippen molar-refractivity contribution in [3.63, 3.8) is 0 Å². The van der Waals surface area contributed by atoms with Gasteiger partial charge >= 0.3 is 6.03 Å². The zero-order valence-corrected chi connectivity index (χ0v) is 23.5. The van der Waals surface area contributed by atoms with E-state index in [9.17, 15) is 9.59 Å². The zero-order valence-electron chi connectivity index (χ0n) is 21.9. The summed E-state index contributed by atoms with van der Waals surface area (Å²) in [4.78, 5) is 37.0. The maximum Gasteiger partial charge on any atom is 0.323 e. The molecule has 0 aliphatic carbocycles. The SMILES string of the molecule is Cc1cc(N2CCOCC2)ccc1N(C)C(=O)NC1N=C(c2ccccc2Cl)c2cc(Cl)ccc2N(C)C1=O. The number of hydrogen-bond donors (Lipinski definition) is 1. The fourth-order valence-corrected chi connectivity index (χ4v) is 5.26. The molecule has 1 atom stereocenters. The number of anilines is 3. The van der Waals surface area contributed by atoms with Gasteiger partial charge in [-0.05, 0) is 55.0 Å². The smallest absolute Gasteiger partial charge is 0.323 e. The van der Waals surface area contributed by atoms with E-state index < -0.39 is 12.2 Å². The number of benzodiazepines with no additional fused rings is 1. The number of fused-ring (bicyclic) bond motifs is 1. The fourth-order valence-electron chi connectivity index (χ4n) is 4.87. The maximum absolute atomic E-state index is 13.5. The van der Waals surface area contributed by atoms with Gasteiger partial charge in [-0.3, -0.25) is 9.69 Å². The Morgan fingerprint density at radius 1 is 1.05 bits per heavy atom. The van der Waals surface area contributed by atoms with Crippen molar-refractivity contribution in [2.75, 3.05) is 55.1 Å². The summed E-state index contributed by atoms with van der Waals surface area (Å²) in [6.45, 7) is 5.00. The predicted molar refractivity (Wildman–Crippen MR) is 157 cm³/mol. The third-order valence-corrected chi connectivity index (χ3v) is 7.57. The van der Waals surface area contributed by atoms with Crippen LogP contribution in [0.4, 0.5) is 21.9 Å². The van der Waals surface area contributed by atoms with E-state index in [0.29, 0.717) is 45.8 Å². The van der Waals surface area contributed by atoms with E-state index in [1.54, 1.807) is 38.4 Å². The molecule has 39 heavy (non-hydrogen) atoms. The molecule has 5 rings (SSSR count). The van der Waals surface area contributed by atoms with E-state index in [-0.39, 0.29) is 5.91 Å². The first kappa shape index (κ1) is 27.0. The van der Waals surface area contributed by atoms with Crippen LogP contribution in [-0.4, -0.2) is 64.2 Å². The quantitative estimate of drug-likeness (QED) is 0.476. The summed E-state index contributed by atoms with van der Waals surface area (Å²) in [7, 11) is 3.32. The first-order valence-electron chi connectivity index (χ1n) is 12.6. The van der Waals surface area contributed by atoms with Gasteiger partial charge < -0.3 is 19.9 Å². The van der Waals surface area contributed by atoms with Crippen LogP contribution in [0.3, 0.4) is 0 Å². The number of nitrogens with one attached hydrogen (secondary N) is 1. The normalized spacial score (nSPS) is 17.3. The molecule has 0 spiro atoms. The largest absolute Gasteiger partial charge is 0.378 e. The summed E-state index contributed by atoms with van der Waals surface area (Å²) in [5.41, 5.74) is 5.10. The lowest BCUT2D eigenvalue weighted by Gasteiger charge is -2.30. The molecule has 0 aromatic heterocycles. The number of nitrogens with zero attached hydrogens (tertiary/aromatic N) is 4. The lowest BCUT2D eigenvalue weighted by molar-refractivity contribution is -0.119. The number of hydrogen-bond acceptors (Lipinski definition) is 5. The second-order valence-corrected chi connectivity index (χ2v) is 10.3. The monoisotopic (exact) mass is 565 g/mol. The van der Waals surface area contributed by atoms with Gasteiger partial charge in [0.15, 0.2) is 0 Å². The van der Waals surface area contributed by atoms with Crippen molar-refractivity contribution in [3.05, 3.63) is 87.4 Å². The molecule has 8 nitrogen and oxygen atoms in total. The molecule has 202 valence electrons. The minimum atomic E-state index is -1.18. The fraction of sp³-hybridized carbons (Fsp3) is 0.276. The highest BCUT2D eigenvalue weighted by Crippen LogP contribution is 2.32. The van der Waals surface area contributed by atoms with Gasteiger partial charge in [0.1, 0.15) is 0 Å². The summed E-state index contributed by atoms with van der Waals surface area (Å²) in [5, 5.41) is 3.78. The van der Waals surface area contributed by atoms with Crippen LogP contribution < -0.4 is 20.0 Å². The number of likely N-dealkylation sites (N-methyl/N-ethyl adjacent to an activating group) is 1. The van der Waals surface area contributed by atoms with Crippen molar-refractivity contribution in [2.45, 2.75) is 13.1 Å². The predicted octanol–water partition coefficient (Wildman–Crippen LogP) is 5.12. The molecule has 1 unspecified atom stereocenters. The minimum absolute atomic E-state index is 0.387. The molecule has 10 heteroatoms. The number of halogens is 2. The number of aliphatic imine (C=N–C) groups is 1. The van der Waals surface area contributed by atoms with Crippen molar-refractivity contribution in [3.8, 4) is 0 Å². The van der Waals surface area contributed by atoms with Gasteiger partial charge in [-0.25, -0.2) is 9.79 Å². The van der Waals surface area contributed by atoms with E-state index in [2.05, 4.69) is 16.3 Å². The molecular weight excluding hydrogens is 537 g/mol. The topological polar surface area (TPSA) is 77.5 Å². The molecule has 3 aromatic carbocycles. The Hall–Kier alpha value is -3.59. The van der Waals surface area contributed by atoms with E-state index in [0.717, 1.165) is 30.0 Å². The third-order valence-electron chi connectivity index (χ3n) is 7.01. The number of carbonyl (C=O) groups excluding carboxylic acids is 2. The molecule has 1 N–H and O–H groups in total. The summed E-state index contributed by atoms with van der Waals surface area (Å²) in [6, 6.07) is 18.0. The number of aryl methyl sites for hydroxylation is 1. The van der Waals surface area contributed by atoms with E-state index in [4.69, 9.17) is 32.9 Å². The van der Waals surface area contributed by atoms with Gasteiger partial charge in [0.05, 0.1) is 24.6 Å². The van der Waals surface area contributed by atoms with Crippen molar-refractivity contribution >= 4 is 57.9 Å². The summed E-state index contributed by atoms with van der Waals surface area (Å²) < 4.78 is 5.45. The van der Waals surface area contributed by atoms with Crippen molar-refractivity contribution in [1.29, 1.82) is 0 Å². The number of benzene rings is 3. The van der Waals surface area contributed by atoms with Gasteiger partial charge in [0, 0.05) is 59.7 Å². The summed E-state index contributed by atoms with van der Waals surface area (Å²) >= 11 is 12.9. The Morgan fingerprint density at radius 3 is 2.51 bits per heavy atom. The Kier molecular flexibility index (Phi) is 7.79. The van der Waals surface area contributed by atoms with Crippen molar-refractivity contribution in [1.82, 2.24) is 5.32 Å². The molecule has 0 saturated carbocycles.